The summed E-state index contributed by atoms with van der Waals surface area (Å²) in [5.74, 6) is -0.529. The van der Waals surface area contributed by atoms with Crippen molar-refractivity contribution >= 4 is 16.9 Å². The normalized spacial score (nSPS) is 19.7. The fourth-order valence-corrected chi connectivity index (χ4v) is 2.19. The lowest BCUT2D eigenvalue weighted by atomic mass is 10.0. The van der Waals surface area contributed by atoms with Gasteiger partial charge in [0.25, 0.3) is 0 Å². The number of ketones is 1. The van der Waals surface area contributed by atoms with Gasteiger partial charge in [0.15, 0.2) is 11.4 Å². The Morgan fingerprint density at radius 1 is 1.42 bits per heavy atom. The van der Waals surface area contributed by atoms with Gasteiger partial charge in [-0.2, -0.15) is 0 Å². The molecule has 2 N–H and O–H groups in total. The summed E-state index contributed by atoms with van der Waals surface area (Å²) in [6.45, 7) is 2.14. The number of rotatable bonds is 3. The van der Waals surface area contributed by atoms with Gasteiger partial charge in [-0.3, -0.25) is 9.78 Å². The number of morpholine rings is 1. The van der Waals surface area contributed by atoms with Gasteiger partial charge in [-0.25, -0.2) is 4.79 Å². The van der Waals surface area contributed by atoms with Crippen LogP contribution in [-0.4, -0.2) is 36.6 Å². The molecule has 1 aliphatic heterocycles. The maximum atomic E-state index is 12.1. The van der Waals surface area contributed by atoms with Crippen molar-refractivity contribution in [1.82, 2.24) is 10.3 Å². The van der Waals surface area contributed by atoms with Crippen LogP contribution in [0.5, 0.6) is 0 Å². The van der Waals surface area contributed by atoms with Crippen LogP contribution in [0.1, 0.15) is 16.8 Å². The number of carbonyl (C=O) groups excluding carboxylic acids is 1. The van der Waals surface area contributed by atoms with Gasteiger partial charge >= 0.3 is 5.76 Å². The van der Waals surface area contributed by atoms with E-state index < -0.39 is 5.76 Å². The number of aromatic nitrogens is 1. The highest BCUT2D eigenvalue weighted by Crippen LogP contribution is 2.15. The SMILES string of the molecule is O=C(CC1CNCCO1)c1ccc2[nH]c(=O)oc2c1. The minimum Gasteiger partial charge on any atom is -0.408 e. The molecule has 1 saturated heterocycles. The molecule has 0 aliphatic carbocycles. The molecular formula is C13H14N2O4. The summed E-state index contributed by atoms with van der Waals surface area (Å²) < 4.78 is 10.4. The molecule has 2 aromatic rings. The van der Waals surface area contributed by atoms with Crippen molar-refractivity contribution in [3.05, 3.63) is 34.3 Å². The summed E-state index contributed by atoms with van der Waals surface area (Å²) in [5, 5.41) is 3.18. The van der Waals surface area contributed by atoms with E-state index in [1.807, 2.05) is 0 Å². The molecule has 19 heavy (non-hydrogen) atoms. The first-order chi connectivity index (χ1) is 9.22. The molecule has 2 heterocycles. The summed E-state index contributed by atoms with van der Waals surface area (Å²) >= 11 is 0. The molecule has 0 radical (unpaired) electrons. The van der Waals surface area contributed by atoms with E-state index in [1.54, 1.807) is 18.2 Å². The molecule has 1 aromatic carbocycles. The van der Waals surface area contributed by atoms with Gasteiger partial charge in [0.1, 0.15) is 0 Å². The number of hydrogen-bond acceptors (Lipinski definition) is 5. The highest BCUT2D eigenvalue weighted by molar-refractivity contribution is 5.98. The molecule has 1 aromatic heterocycles. The van der Waals surface area contributed by atoms with E-state index in [0.717, 1.165) is 6.54 Å². The van der Waals surface area contributed by atoms with E-state index in [4.69, 9.17) is 9.15 Å². The van der Waals surface area contributed by atoms with Crippen molar-refractivity contribution in [2.24, 2.45) is 0 Å². The van der Waals surface area contributed by atoms with E-state index in [-0.39, 0.29) is 11.9 Å². The lowest BCUT2D eigenvalue weighted by molar-refractivity contribution is 0.0240. The Hall–Kier alpha value is -1.92. The zero-order chi connectivity index (χ0) is 13.2. The smallest absolute Gasteiger partial charge is 0.408 e. The van der Waals surface area contributed by atoms with Crippen LogP contribution in [0.2, 0.25) is 0 Å². The van der Waals surface area contributed by atoms with E-state index in [2.05, 4.69) is 10.3 Å². The second-order valence-corrected chi connectivity index (χ2v) is 4.55. The van der Waals surface area contributed by atoms with Gasteiger partial charge in [-0.15, -0.1) is 0 Å². The molecular weight excluding hydrogens is 248 g/mol. The molecule has 0 amide bonds. The average molecular weight is 262 g/mol. The number of aromatic amines is 1. The second kappa shape index (κ2) is 4.99. The third-order valence-electron chi connectivity index (χ3n) is 3.16. The van der Waals surface area contributed by atoms with Crippen LogP contribution in [0.3, 0.4) is 0 Å². The topological polar surface area (TPSA) is 84.3 Å². The first-order valence-electron chi connectivity index (χ1n) is 6.21. The molecule has 1 atom stereocenters. The van der Waals surface area contributed by atoms with Crippen LogP contribution in [0.25, 0.3) is 11.1 Å². The predicted octanol–water partition coefficient (Wildman–Crippen LogP) is 0.682. The van der Waals surface area contributed by atoms with Gasteiger partial charge in [0.2, 0.25) is 0 Å². The highest BCUT2D eigenvalue weighted by atomic mass is 16.5. The monoisotopic (exact) mass is 262 g/mol. The zero-order valence-corrected chi connectivity index (χ0v) is 10.3. The van der Waals surface area contributed by atoms with Crippen LogP contribution in [0, 0.1) is 0 Å². The number of benzene rings is 1. The van der Waals surface area contributed by atoms with Crippen molar-refractivity contribution in [1.29, 1.82) is 0 Å². The zero-order valence-electron chi connectivity index (χ0n) is 10.3. The van der Waals surface area contributed by atoms with Crippen LogP contribution in [0.15, 0.2) is 27.4 Å². The maximum absolute atomic E-state index is 12.1. The summed E-state index contributed by atoms with van der Waals surface area (Å²) in [6, 6.07) is 4.95. The molecule has 100 valence electrons. The first-order valence-corrected chi connectivity index (χ1v) is 6.21. The molecule has 1 aliphatic rings. The Balaban J connectivity index is 1.78. The number of oxazole rings is 1. The third-order valence-corrected chi connectivity index (χ3v) is 3.16. The van der Waals surface area contributed by atoms with E-state index in [9.17, 15) is 9.59 Å². The number of hydrogen-bond donors (Lipinski definition) is 2. The lowest BCUT2D eigenvalue weighted by Crippen LogP contribution is -2.39. The number of carbonyl (C=O) groups is 1. The molecule has 1 unspecified atom stereocenters. The lowest BCUT2D eigenvalue weighted by Gasteiger charge is -2.22. The fourth-order valence-electron chi connectivity index (χ4n) is 2.19. The summed E-state index contributed by atoms with van der Waals surface area (Å²) in [6.07, 6.45) is 0.239. The molecule has 3 rings (SSSR count). The Morgan fingerprint density at radius 3 is 3.11 bits per heavy atom. The Morgan fingerprint density at radius 2 is 2.32 bits per heavy atom. The molecule has 6 heteroatoms. The Labute approximate surface area is 108 Å². The van der Waals surface area contributed by atoms with Gasteiger partial charge in [-0.1, -0.05) is 0 Å². The van der Waals surface area contributed by atoms with Crippen molar-refractivity contribution in [3.8, 4) is 0 Å². The van der Waals surface area contributed by atoms with Gasteiger partial charge in [0.05, 0.1) is 18.2 Å². The maximum Gasteiger partial charge on any atom is 0.417 e. The minimum absolute atomic E-state index is 0.0144. The number of H-pyrrole nitrogens is 1. The summed E-state index contributed by atoms with van der Waals surface area (Å²) in [4.78, 5) is 25.7. The van der Waals surface area contributed by atoms with Crippen LogP contribution in [-0.2, 0) is 4.74 Å². The fraction of sp³-hybridized carbons (Fsp3) is 0.385. The second-order valence-electron chi connectivity index (χ2n) is 4.55. The largest absolute Gasteiger partial charge is 0.417 e. The van der Waals surface area contributed by atoms with Crippen LogP contribution >= 0.6 is 0 Å². The van der Waals surface area contributed by atoms with Crippen molar-refractivity contribution in [2.75, 3.05) is 19.7 Å². The van der Waals surface area contributed by atoms with Crippen LogP contribution in [0.4, 0.5) is 0 Å². The van der Waals surface area contributed by atoms with E-state index in [0.29, 0.717) is 36.2 Å². The molecule has 0 spiro atoms. The number of ether oxygens (including phenoxy) is 1. The van der Waals surface area contributed by atoms with E-state index in [1.165, 1.54) is 0 Å². The quantitative estimate of drug-likeness (QED) is 0.795. The average Bonchev–Trinajstić information content (AvgIpc) is 2.78. The van der Waals surface area contributed by atoms with Gasteiger partial charge in [-0.05, 0) is 18.2 Å². The number of nitrogens with one attached hydrogen (secondary N) is 2. The molecule has 0 saturated carbocycles. The van der Waals surface area contributed by atoms with Crippen molar-refractivity contribution in [3.63, 3.8) is 0 Å². The Kier molecular flexibility index (Phi) is 3.18. The first kappa shape index (κ1) is 12.1. The van der Waals surface area contributed by atoms with Crippen molar-refractivity contribution in [2.45, 2.75) is 12.5 Å². The minimum atomic E-state index is -0.514. The number of Topliss-reactive ketones (excluding diaryl/α,β-unsaturated/α-hetero) is 1. The van der Waals surface area contributed by atoms with Gasteiger partial charge in [0, 0.05) is 25.1 Å². The summed E-state index contributed by atoms with van der Waals surface area (Å²) in [7, 11) is 0. The Bertz CT molecular complexity index is 652. The van der Waals surface area contributed by atoms with Crippen LogP contribution < -0.4 is 11.1 Å². The molecule has 6 nitrogen and oxygen atoms in total. The molecule has 0 bridgehead atoms. The predicted molar refractivity (Wildman–Crippen MR) is 68.4 cm³/mol. The highest BCUT2D eigenvalue weighted by Gasteiger charge is 2.18. The summed E-state index contributed by atoms with van der Waals surface area (Å²) in [5.41, 5.74) is 1.53. The third kappa shape index (κ3) is 2.59. The molecule has 1 fully saturated rings. The number of fused-ring (bicyclic) bond motifs is 1. The van der Waals surface area contributed by atoms with E-state index >= 15 is 0 Å². The van der Waals surface area contributed by atoms with Crippen molar-refractivity contribution < 1.29 is 13.9 Å². The van der Waals surface area contributed by atoms with Gasteiger partial charge < -0.3 is 14.5 Å². The standard InChI is InChI=1S/C13H14N2O4/c16-11(6-9-7-14-3-4-18-9)8-1-2-10-12(5-8)19-13(17)15-10/h1-2,5,9,14H,3-4,6-7H2,(H,15,17).